The standard InChI is InChI=1S/C14H30N2O/c1-5-14(4)12-16(9-7-15-14)8-6-10-17-11-13(2)3/h13,15H,5-12H2,1-4H3. The van der Waals surface area contributed by atoms with Crippen LogP contribution in [0.15, 0.2) is 0 Å². The van der Waals surface area contributed by atoms with Crippen molar-refractivity contribution >= 4 is 0 Å². The van der Waals surface area contributed by atoms with Gasteiger partial charge in [-0.05, 0) is 25.7 Å². The monoisotopic (exact) mass is 242 g/mol. The third-order valence-corrected chi connectivity index (χ3v) is 3.55. The summed E-state index contributed by atoms with van der Waals surface area (Å²) in [7, 11) is 0. The number of hydrogen-bond acceptors (Lipinski definition) is 3. The van der Waals surface area contributed by atoms with E-state index >= 15 is 0 Å². The van der Waals surface area contributed by atoms with Crippen LogP contribution in [0.4, 0.5) is 0 Å². The molecule has 3 heteroatoms. The van der Waals surface area contributed by atoms with Gasteiger partial charge in [0.2, 0.25) is 0 Å². The number of nitrogens with one attached hydrogen (secondary N) is 1. The average molecular weight is 242 g/mol. The average Bonchev–Trinajstić information content (AvgIpc) is 2.28. The summed E-state index contributed by atoms with van der Waals surface area (Å²) < 4.78 is 5.62. The molecule has 17 heavy (non-hydrogen) atoms. The minimum atomic E-state index is 0.317. The molecular formula is C14H30N2O. The van der Waals surface area contributed by atoms with Gasteiger partial charge in [0.1, 0.15) is 0 Å². The molecule has 0 bridgehead atoms. The van der Waals surface area contributed by atoms with Crippen molar-refractivity contribution in [1.29, 1.82) is 0 Å². The van der Waals surface area contributed by atoms with Crippen LogP contribution in [-0.2, 0) is 4.74 Å². The summed E-state index contributed by atoms with van der Waals surface area (Å²) in [5.74, 6) is 0.651. The van der Waals surface area contributed by atoms with Gasteiger partial charge < -0.3 is 15.0 Å². The van der Waals surface area contributed by atoms with Crippen molar-refractivity contribution in [3.63, 3.8) is 0 Å². The molecule has 0 aliphatic carbocycles. The zero-order valence-electron chi connectivity index (χ0n) is 12.1. The molecule has 1 saturated heterocycles. The van der Waals surface area contributed by atoms with Gasteiger partial charge in [-0.15, -0.1) is 0 Å². The van der Waals surface area contributed by atoms with Crippen molar-refractivity contribution in [3.05, 3.63) is 0 Å². The van der Waals surface area contributed by atoms with Gasteiger partial charge in [0, 0.05) is 44.9 Å². The van der Waals surface area contributed by atoms with E-state index in [0.29, 0.717) is 11.5 Å². The Bertz CT molecular complexity index is 208. The maximum absolute atomic E-state index is 5.62. The topological polar surface area (TPSA) is 24.5 Å². The van der Waals surface area contributed by atoms with Gasteiger partial charge in [0.05, 0.1) is 0 Å². The molecule has 1 aliphatic heterocycles. The molecule has 1 rings (SSSR count). The zero-order valence-corrected chi connectivity index (χ0v) is 12.1. The second-order valence-corrected chi connectivity index (χ2v) is 5.94. The van der Waals surface area contributed by atoms with Gasteiger partial charge in [0.25, 0.3) is 0 Å². The van der Waals surface area contributed by atoms with E-state index in [1.54, 1.807) is 0 Å². The predicted molar refractivity (Wildman–Crippen MR) is 73.4 cm³/mol. The second-order valence-electron chi connectivity index (χ2n) is 5.94. The Hall–Kier alpha value is -0.120. The summed E-state index contributed by atoms with van der Waals surface area (Å²) in [5.41, 5.74) is 0.317. The first-order valence-corrected chi connectivity index (χ1v) is 7.11. The minimum Gasteiger partial charge on any atom is -0.381 e. The molecule has 1 heterocycles. The van der Waals surface area contributed by atoms with E-state index in [1.165, 1.54) is 26.1 Å². The first kappa shape index (κ1) is 14.9. The lowest BCUT2D eigenvalue weighted by molar-refractivity contribution is 0.0866. The van der Waals surface area contributed by atoms with Crippen LogP contribution >= 0.6 is 0 Å². The quantitative estimate of drug-likeness (QED) is 0.692. The Kier molecular flexibility index (Phi) is 6.45. The van der Waals surface area contributed by atoms with Crippen molar-refractivity contribution in [3.8, 4) is 0 Å². The highest BCUT2D eigenvalue weighted by atomic mass is 16.5. The van der Waals surface area contributed by atoms with Gasteiger partial charge in [0.15, 0.2) is 0 Å². The molecule has 0 aromatic carbocycles. The summed E-state index contributed by atoms with van der Waals surface area (Å²) in [6.45, 7) is 15.4. The molecule has 1 fully saturated rings. The lowest BCUT2D eigenvalue weighted by Crippen LogP contribution is -2.58. The largest absolute Gasteiger partial charge is 0.381 e. The Labute approximate surface area is 107 Å². The normalized spacial score (nSPS) is 26.6. The summed E-state index contributed by atoms with van der Waals surface area (Å²) in [6.07, 6.45) is 2.36. The van der Waals surface area contributed by atoms with Crippen molar-refractivity contribution in [1.82, 2.24) is 10.2 Å². The number of rotatable bonds is 7. The molecule has 0 aromatic rings. The molecule has 1 unspecified atom stereocenters. The maximum Gasteiger partial charge on any atom is 0.0489 e. The number of nitrogens with zero attached hydrogens (tertiary/aromatic N) is 1. The van der Waals surface area contributed by atoms with Gasteiger partial charge in [-0.25, -0.2) is 0 Å². The van der Waals surface area contributed by atoms with Gasteiger partial charge in [-0.3, -0.25) is 0 Å². The molecule has 0 amide bonds. The SMILES string of the molecule is CCC1(C)CN(CCCOCC(C)C)CCN1. The molecule has 0 aromatic heterocycles. The summed E-state index contributed by atoms with van der Waals surface area (Å²) in [5, 5.41) is 3.62. The highest BCUT2D eigenvalue weighted by Crippen LogP contribution is 2.15. The molecule has 0 radical (unpaired) electrons. The third kappa shape index (κ3) is 5.84. The Morgan fingerprint density at radius 2 is 2.18 bits per heavy atom. The molecule has 1 N–H and O–H groups in total. The highest BCUT2D eigenvalue weighted by Gasteiger charge is 2.27. The van der Waals surface area contributed by atoms with Crippen LogP contribution < -0.4 is 5.32 Å². The van der Waals surface area contributed by atoms with Crippen LogP contribution in [0.1, 0.15) is 40.5 Å². The Morgan fingerprint density at radius 1 is 1.41 bits per heavy atom. The fourth-order valence-electron chi connectivity index (χ4n) is 2.28. The van der Waals surface area contributed by atoms with E-state index in [2.05, 4.69) is 37.9 Å². The molecular weight excluding hydrogens is 212 g/mol. The van der Waals surface area contributed by atoms with Crippen molar-refractivity contribution in [2.24, 2.45) is 5.92 Å². The van der Waals surface area contributed by atoms with Crippen LogP contribution in [0.25, 0.3) is 0 Å². The fraction of sp³-hybridized carbons (Fsp3) is 1.00. The number of ether oxygens (including phenoxy) is 1. The van der Waals surface area contributed by atoms with E-state index in [9.17, 15) is 0 Å². The van der Waals surface area contributed by atoms with Crippen molar-refractivity contribution in [2.75, 3.05) is 39.4 Å². The van der Waals surface area contributed by atoms with E-state index in [-0.39, 0.29) is 0 Å². The zero-order chi connectivity index (χ0) is 12.7. The first-order chi connectivity index (χ1) is 8.06. The summed E-state index contributed by atoms with van der Waals surface area (Å²) in [4.78, 5) is 2.57. The third-order valence-electron chi connectivity index (χ3n) is 3.55. The minimum absolute atomic E-state index is 0.317. The van der Waals surface area contributed by atoms with E-state index in [0.717, 1.165) is 26.2 Å². The van der Waals surface area contributed by atoms with Crippen molar-refractivity contribution < 1.29 is 4.74 Å². The fourth-order valence-corrected chi connectivity index (χ4v) is 2.28. The molecule has 1 aliphatic rings. The van der Waals surface area contributed by atoms with Gasteiger partial charge >= 0.3 is 0 Å². The van der Waals surface area contributed by atoms with Crippen molar-refractivity contribution in [2.45, 2.75) is 46.1 Å². The van der Waals surface area contributed by atoms with E-state index < -0.39 is 0 Å². The summed E-state index contributed by atoms with van der Waals surface area (Å²) >= 11 is 0. The number of piperazine rings is 1. The molecule has 3 nitrogen and oxygen atoms in total. The highest BCUT2D eigenvalue weighted by molar-refractivity contribution is 4.89. The van der Waals surface area contributed by atoms with Crippen LogP contribution in [0.3, 0.4) is 0 Å². The lowest BCUT2D eigenvalue weighted by atomic mass is 9.96. The molecule has 102 valence electrons. The van der Waals surface area contributed by atoms with Crippen LogP contribution in [0, 0.1) is 5.92 Å². The molecule has 0 spiro atoms. The maximum atomic E-state index is 5.62. The van der Waals surface area contributed by atoms with Crippen LogP contribution in [0.5, 0.6) is 0 Å². The molecule has 1 atom stereocenters. The smallest absolute Gasteiger partial charge is 0.0489 e. The number of hydrogen-bond donors (Lipinski definition) is 1. The van der Waals surface area contributed by atoms with Gasteiger partial charge in [-0.1, -0.05) is 20.8 Å². The van der Waals surface area contributed by atoms with Crippen LogP contribution in [0.2, 0.25) is 0 Å². The predicted octanol–water partition coefficient (Wildman–Crippen LogP) is 2.12. The second kappa shape index (κ2) is 7.34. The first-order valence-electron chi connectivity index (χ1n) is 7.11. The summed E-state index contributed by atoms with van der Waals surface area (Å²) in [6, 6.07) is 0. The Balaban J connectivity index is 2.11. The lowest BCUT2D eigenvalue weighted by Gasteiger charge is -2.41. The van der Waals surface area contributed by atoms with Crippen LogP contribution in [-0.4, -0.2) is 49.8 Å². The van der Waals surface area contributed by atoms with E-state index in [4.69, 9.17) is 4.74 Å². The Morgan fingerprint density at radius 3 is 2.82 bits per heavy atom. The van der Waals surface area contributed by atoms with E-state index in [1.807, 2.05) is 0 Å². The van der Waals surface area contributed by atoms with Gasteiger partial charge in [-0.2, -0.15) is 0 Å². The molecule has 0 saturated carbocycles.